The molecule has 2 aromatic carbocycles. The summed E-state index contributed by atoms with van der Waals surface area (Å²) < 4.78 is 27.0. The standard InChI is InChI=1S/C15H15N3O2S/c1-11-13(5-3-7-15(11)17)10-18-21(19,20)14-6-2-4-12(8-14)9-16/h2-8,18H,10,17H2,1H3. The molecule has 5 nitrogen and oxygen atoms in total. The zero-order valence-electron chi connectivity index (χ0n) is 11.5. The predicted molar refractivity (Wildman–Crippen MR) is 80.8 cm³/mol. The van der Waals surface area contributed by atoms with Gasteiger partial charge in [-0.05, 0) is 42.3 Å². The molecule has 0 bridgehead atoms. The Kier molecular flexibility index (Phi) is 4.26. The molecule has 0 aliphatic heterocycles. The van der Waals surface area contributed by atoms with Crippen molar-refractivity contribution in [1.29, 1.82) is 5.26 Å². The van der Waals surface area contributed by atoms with Gasteiger partial charge in [-0.25, -0.2) is 13.1 Å². The highest BCUT2D eigenvalue weighted by Crippen LogP contribution is 2.17. The van der Waals surface area contributed by atoms with E-state index >= 15 is 0 Å². The van der Waals surface area contributed by atoms with Gasteiger partial charge in [-0.15, -0.1) is 0 Å². The van der Waals surface area contributed by atoms with Crippen LogP contribution in [0.5, 0.6) is 0 Å². The lowest BCUT2D eigenvalue weighted by molar-refractivity contribution is 0.581. The largest absolute Gasteiger partial charge is 0.399 e. The number of hydrogen-bond acceptors (Lipinski definition) is 4. The van der Waals surface area contributed by atoms with Crippen LogP contribution in [0, 0.1) is 18.3 Å². The lowest BCUT2D eigenvalue weighted by atomic mass is 10.1. The number of nitrogens with two attached hydrogens (primary N) is 1. The molecule has 0 aliphatic carbocycles. The molecule has 0 fully saturated rings. The second-order valence-corrected chi connectivity index (χ2v) is 6.36. The van der Waals surface area contributed by atoms with Crippen LogP contribution in [0.25, 0.3) is 0 Å². The molecular formula is C15H15N3O2S. The highest BCUT2D eigenvalue weighted by Gasteiger charge is 2.14. The Hall–Kier alpha value is -2.36. The van der Waals surface area contributed by atoms with Crippen LogP contribution in [0.15, 0.2) is 47.4 Å². The molecule has 0 unspecified atom stereocenters. The van der Waals surface area contributed by atoms with E-state index in [1.807, 2.05) is 19.1 Å². The monoisotopic (exact) mass is 301 g/mol. The summed E-state index contributed by atoms with van der Waals surface area (Å²) in [6.07, 6.45) is 0. The van der Waals surface area contributed by atoms with E-state index < -0.39 is 10.0 Å². The zero-order valence-corrected chi connectivity index (χ0v) is 12.3. The molecule has 0 spiro atoms. The van der Waals surface area contributed by atoms with Gasteiger partial charge in [-0.2, -0.15) is 5.26 Å². The number of nitrogen functional groups attached to an aromatic ring is 1. The van der Waals surface area contributed by atoms with Gasteiger partial charge in [0.1, 0.15) is 0 Å². The van der Waals surface area contributed by atoms with E-state index in [0.717, 1.165) is 11.1 Å². The van der Waals surface area contributed by atoms with Gasteiger partial charge < -0.3 is 5.73 Å². The smallest absolute Gasteiger partial charge is 0.240 e. The maximum absolute atomic E-state index is 12.2. The van der Waals surface area contributed by atoms with Gasteiger partial charge in [-0.3, -0.25) is 0 Å². The number of benzene rings is 2. The minimum atomic E-state index is -3.66. The van der Waals surface area contributed by atoms with E-state index in [9.17, 15) is 8.42 Å². The summed E-state index contributed by atoms with van der Waals surface area (Å²) in [5, 5.41) is 8.82. The molecule has 0 aliphatic rings. The number of nitrogens with zero attached hydrogens (tertiary/aromatic N) is 1. The number of hydrogen-bond donors (Lipinski definition) is 2. The predicted octanol–water partition coefficient (Wildman–Crippen LogP) is 1.93. The van der Waals surface area contributed by atoms with E-state index in [1.54, 1.807) is 24.3 Å². The first kappa shape index (κ1) is 15.0. The van der Waals surface area contributed by atoms with Gasteiger partial charge in [0, 0.05) is 12.2 Å². The van der Waals surface area contributed by atoms with Crippen molar-refractivity contribution >= 4 is 15.7 Å². The van der Waals surface area contributed by atoms with Crippen LogP contribution in [0.3, 0.4) is 0 Å². The van der Waals surface area contributed by atoms with E-state index in [1.165, 1.54) is 12.1 Å². The minimum Gasteiger partial charge on any atom is -0.399 e. The summed E-state index contributed by atoms with van der Waals surface area (Å²) in [6.45, 7) is 1.99. The average Bonchev–Trinajstić information content (AvgIpc) is 2.49. The van der Waals surface area contributed by atoms with Crippen molar-refractivity contribution in [3.63, 3.8) is 0 Å². The van der Waals surface area contributed by atoms with Gasteiger partial charge in [0.15, 0.2) is 0 Å². The zero-order chi connectivity index (χ0) is 15.5. The quantitative estimate of drug-likeness (QED) is 0.843. The molecule has 0 amide bonds. The van der Waals surface area contributed by atoms with E-state index in [-0.39, 0.29) is 11.4 Å². The van der Waals surface area contributed by atoms with Gasteiger partial charge in [0.25, 0.3) is 0 Å². The third kappa shape index (κ3) is 3.40. The maximum atomic E-state index is 12.2. The van der Waals surface area contributed by atoms with Crippen LogP contribution in [0.2, 0.25) is 0 Å². The number of nitriles is 1. The fraction of sp³-hybridized carbons (Fsp3) is 0.133. The Bertz CT molecular complexity index is 808. The molecule has 108 valence electrons. The Morgan fingerprint density at radius 2 is 1.95 bits per heavy atom. The normalized spacial score (nSPS) is 11.0. The average molecular weight is 301 g/mol. The molecule has 6 heteroatoms. The summed E-state index contributed by atoms with van der Waals surface area (Å²) in [5.41, 5.74) is 8.39. The fourth-order valence-corrected chi connectivity index (χ4v) is 2.94. The Morgan fingerprint density at radius 3 is 2.67 bits per heavy atom. The van der Waals surface area contributed by atoms with Crippen LogP contribution in [-0.2, 0) is 16.6 Å². The molecule has 0 aromatic heterocycles. The van der Waals surface area contributed by atoms with E-state index in [4.69, 9.17) is 11.0 Å². The van der Waals surface area contributed by atoms with Crippen LogP contribution in [0.1, 0.15) is 16.7 Å². The Balaban J connectivity index is 2.22. The molecule has 2 rings (SSSR count). The van der Waals surface area contributed by atoms with E-state index in [0.29, 0.717) is 11.3 Å². The van der Waals surface area contributed by atoms with Gasteiger partial charge >= 0.3 is 0 Å². The second kappa shape index (κ2) is 5.95. The van der Waals surface area contributed by atoms with Gasteiger partial charge in [0.2, 0.25) is 10.0 Å². The topological polar surface area (TPSA) is 96.0 Å². The Morgan fingerprint density at radius 1 is 1.24 bits per heavy atom. The first-order chi connectivity index (χ1) is 9.94. The van der Waals surface area contributed by atoms with Crippen LogP contribution < -0.4 is 10.5 Å². The van der Waals surface area contributed by atoms with Gasteiger partial charge in [0.05, 0.1) is 16.5 Å². The van der Waals surface area contributed by atoms with Crippen molar-refractivity contribution in [2.45, 2.75) is 18.4 Å². The summed E-state index contributed by atoms with van der Waals surface area (Å²) >= 11 is 0. The molecule has 2 aromatic rings. The number of rotatable bonds is 4. The summed E-state index contributed by atoms with van der Waals surface area (Å²) in [5.74, 6) is 0. The maximum Gasteiger partial charge on any atom is 0.240 e. The molecule has 3 N–H and O–H groups in total. The van der Waals surface area contributed by atoms with E-state index in [2.05, 4.69) is 4.72 Å². The first-order valence-electron chi connectivity index (χ1n) is 6.28. The van der Waals surface area contributed by atoms with Crippen LogP contribution in [0.4, 0.5) is 5.69 Å². The molecule has 0 atom stereocenters. The summed E-state index contributed by atoms with van der Waals surface area (Å²) in [4.78, 5) is 0.0723. The van der Waals surface area contributed by atoms with Crippen molar-refractivity contribution in [3.8, 4) is 6.07 Å². The molecule has 0 saturated heterocycles. The highest BCUT2D eigenvalue weighted by molar-refractivity contribution is 7.89. The number of anilines is 1. The van der Waals surface area contributed by atoms with Crippen molar-refractivity contribution in [3.05, 3.63) is 59.2 Å². The van der Waals surface area contributed by atoms with Crippen molar-refractivity contribution in [2.75, 3.05) is 5.73 Å². The summed E-state index contributed by atoms with van der Waals surface area (Å²) in [7, 11) is -3.66. The number of nitrogens with one attached hydrogen (secondary N) is 1. The van der Waals surface area contributed by atoms with Crippen molar-refractivity contribution in [2.24, 2.45) is 0 Å². The molecule has 0 saturated carbocycles. The highest BCUT2D eigenvalue weighted by atomic mass is 32.2. The third-order valence-corrected chi connectivity index (χ3v) is 4.61. The van der Waals surface area contributed by atoms with Crippen molar-refractivity contribution in [1.82, 2.24) is 4.72 Å². The van der Waals surface area contributed by atoms with Gasteiger partial charge in [-0.1, -0.05) is 18.2 Å². The minimum absolute atomic E-state index is 0.0723. The molecule has 0 heterocycles. The fourth-order valence-electron chi connectivity index (χ4n) is 1.88. The first-order valence-corrected chi connectivity index (χ1v) is 7.76. The molecule has 21 heavy (non-hydrogen) atoms. The third-order valence-electron chi connectivity index (χ3n) is 3.21. The Labute approximate surface area is 124 Å². The number of sulfonamides is 1. The molecular weight excluding hydrogens is 286 g/mol. The summed E-state index contributed by atoms with van der Waals surface area (Å²) in [6, 6.07) is 13.2. The van der Waals surface area contributed by atoms with Crippen LogP contribution >= 0.6 is 0 Å². The lowest BCUT2D eigenvalue weighted by Crippen LogP contribution is -2.23. The molecule has 0 radical (unpaired) electrons. The second-order valence-electron chi connectivity index (χ2n) is 4.60. The SMILES string of the molecule is Cc1c(N)cccc1CNS(=O)(=O)c1cccc(C#N)c1. The van der Waals surface area contributed by atoms with Crippen LogP contribution in [-0.4, -0.2) is 8.42 Å². The lowest BCUT2D eigenvalue weighted by Gasteiger charge is -2.10. The van der Waals surface area contributed by atoms with Crippen molar-refractivity contribution < 1.29 is 8.42 Å².